The standard InChI is InChI=1S/C19H29N5O.HI/c1-2-20-19(21-16-18(25)23-10-6-7-11-23)24-14-12-22(13-15-24)17-8-4-3-5-9-17;/h3-5,8-9H,2,6-7,10-16H2,1H3,(H,20,21);1H. The van der Waals surface area contributed by atoms with Gasteiger partial charge in [0.25, 0.3) is 0 Å². The molecule has 2 aliphatic rings. The number of likely N-dealkylation sites (tertiary alicyclic amines) is 1. The van der Waals surface area contributed by atoms with Gasteiger partial charge in [0.1, 0.15) is 6.54 Å². The minimum atomic E-state index is 0. The predicted octanol–water partition coefficient (Wildman–Crippen LogP) is 2.01. The van der Waals surface area contributed by atoms with Gasteiger partial charge >= 0.3 is 0 Å². The van der Waals surface area contributed by atoms with Crippen molar-refractivity contribution in [3.8, 4) is 0 Å². The van der Waals surface area contributed by atoms with E-state index in [1.807, 2.05) is 11.0 Å². The van der Waals surface area contributed by atoms with Crippen molar-refractivity contribution in [3.05, 3.63) is 30.3 Å². The fraction of sp³-hybridized carbons (Fsp3) is 0.579. The highest BCUT2D eigenvalue weighted by molar-refractivity contribution is 14.0. The molecule has 1 amide bonds. The lowest BCUT2D eigenvalue weighted by Crippen LogP contribution is -2.52. The maximum absolute atomic E-state index is 12.2. The first-order chi connectivity index (χ1) is 12.3. The Balaban J connectivity index is 0.00000243. The molecule has 1 aromatic rings. The van der Waals surface area contributed by atoms with Crippen LogP contribution in [0.2, 0.25) is 0 Å². The molecular weight excluding hydrogens is 441 g/mol. The molecule has 0 unspecified atom stereocenters. The van der Waals surface area contributed by atoms with E-state index < -0.39 is 0 Å². The Kier molecular flexibility index (Phi) is 8.47. The number of nitrogens with zero attached hydrogens (tertiary/aromatic N) is 4. The van der Waals surface area contributed by atoms with Gasteiger partial charge in [0.15, 0.2) is 5.96 Å². The second-order valence-electron chi connectivity index (χ2n) is 6.57. The molecule has 0 radical (unpaired) electrons. The fourth-order valence-corrected chi connectivity index (χ4v) is 3.45. The summed E-state index contributed by atoms with van der Waals surface area (Å²) in [5.41, 5.74) is 1.27. The normalized spacial score (nSPS) is 17.9. The van der Waals surface area contributed by atoms with Gasteiger partial charge in [-0.15, -0.1) is 24.0 Å². The van der Waals surface area contributed by atoms with Crippen LogP contribution in [0.4, 0.5) is 5.69 Å². The zero-order valence-electron chi connectivity index (χ0n) is 15.6. The summed E-state index contributed by atoms with van der Waals surface area (Å²) in [4.78, 5) is 23.4. The molecule has 2 saturated heterocycles. The number of benzene rings is 1. The van der Waals surface area contributed by atoms with Gasteiger partial charge in [-0.1, -0.05) is 18.2 Å². The van der Waals surface area contributed by atoms with Crippen LogP contribution in [-0.4, -0.2) is 74.0 Å². The molecule has 0 bridgehead atoms. The van der Waals surface area contributed by atoms with Crippen molar-refractivity contribution in [2.75, 3.05) is 57.3 Å². The molecule has 7 heteroatoms. The average Bonchev–Trinajstić information content (AvgIpc) is 3.21. The second kappa shape index (κ2) is 10.6. The highest BCUT2D eigenvalue weighted by atomic mass is 127. The van der Waals surface area contributed by atoms with Crippen LogP contribution in [0.25, 0.3) is 0 Å². The number of hydrogen-bond donors (Lipinski definition) is 1. The molecule has 0 atom stereocenters. The minimum absolute atomic E-state index is 0. The summed E-state index contributed by atoms with van der Waals surface area (Å²) < 4.78 is 0. The lowest BCUT2D eigenvalue weighted by atomic mass is 10.2. The number of amides is 1. The molecule has 26 heavy (non-hydrogen) atoms. The SMILES string of the molecule is CCNC(=NCC(=O)N1CCCC1)N1CCN(c2ccccc2)CC1.I. The van der Waals surface area contributed by atoms with Crippen LogP contribution < -0.4 is 10.2 Å². The van der Waals surface area contributed by atoms with Crippen molar-refractivity contribution in [1.82, 2.24) is 15.1 Å². The maximum Gasteiger partial charge on any atom is 0.244 e. The third-order valence-electron chi connectivity index (χ3n) is 4.86. The molecule has 2 fully saturated rings. The van der Waals surface area contributed by atoms with E-state index in [0.29, 0.717) is 0 Å². The zero-order valence-corrected chi connectivity index (χ0v) is 17.9. The van der Waals surface area contributed by atoms with Crippen molar-refractivity contribution in [3.63, 3.8) is 0 Å². The van der Waals surface area contributed by atoms with Gasteiger partial charge in [-0.3, -0.25) is 4.79 Å². The molecule has 6 nitrogen and oxygen atoms in total. The molecule has 2 heterocycles. The Morgan fingerprint density at radius 2 is 1.65 bits per heavy atom. The summed E-state index contributed by atoms with van der Waals surface area (Å²) in [6.45, 7) is 8.68. The molecule has 0 saturated carbocycles. The van der Waals surface area contributed by atoms with Gasteiger partial charge in [0.05, 0.1) is 0 Å². The molecule has 0 aromatic heterocycles. The van der Waals surface area contributed by atoms with Crippen LogP contribution in [0, 0.1) is 0 Å². The lowest BCUT2D eigenvalue weighted by Gasteiger charge is -2.37. The van der Waals surface area contributed by atoms with Gasteiger partial charge < -0.3 is 20.0 Å². The third-order valence-corrected chi connectivity index (χ3v) is 4.86. The smallest absolute Gasteiger partial charge is 0.244 e. The summed E-state index contributed by atoms with van der Waals surface area (Å²) in [6, 6.07) is 10.5. The molecule has 1 N–H and O–H groups in total. The minimum Gasteiger partial charge on any atom is -0.368 e. The van der Waals surface area contributed by atoms with Crippen LogP contribution in [-0.2, 0) is 4.79 Å². The number of anilines is 1. The van der Waals surface area contributed by atoms with Crippen LogP contribution in [0.5, 0.6) is 0 Å². The summed E-state index contributed by atoms with van der Waals surface area (Å²) in [5, 5.41) is 3.34. The Morgan fingerprint density at radius 1 is 1.00 bits per heavy atom. The lowest BCUT2D eigenvalue weighted by molar-refractivity contribution is -0.128. The molecular formula is C19H30IN5O. The number of aliphatic imine (C=N–C) groups is 1. The van der Waals surface area contributed by atoms with Crippen LogP contribution >= 0.6 is 24.0 Å². The zero-order chi connectivity index (χ0) is 17.5. The monoisotopic (exact) mass is 471 g/mol. The Morgan fingerprint density at radius 3 is 2.27 bits per heavy atom. The number of piperazine rings is 1. The van der Waals surface area contributed by atoms with Crippen molar-refractivity contribution in [2.24, 2.45) is 4.99 Å². The highest BCUT2D eigenvalue weighted by Crippen LogP contribution is 2.15. The summed E-state index contributed by atoms with van der Waals surface area (Å²) >= 11 is 0. The van der Waals surface area contributed by atoms with E-state index in [9.17, 15) is 4.79 Å². The first kappa shape index (κ1) is 20.8. The molecule has 144 valence electrons. The Hall–Kier alpha value is -1.51. The van der Waals surface area contributed by atoms with Gasteiger partial charge in [0, 0.05) is 51.5 Å². The largest absolute Gasteiger partial charge is 0.368 e. The number of para-hydroxylation sites is 1. The number of carbonyl (C=O) groups is 1. The third kappa shape index (κ3) is 5.49. The van der Waals surface area contributed by atoms with E-state index in [4.69, 9.17) is 0 Å². The van der Waals surface area contributed by atoms with Gasteiger partial charge in [-0.25, -0.2) is 4.99 Å². The first-order valence-corrected chi connectivity index (χ1v) is 9.39. The number of carbonyl (C=O) groups excluding carboxylic acids is 1. The van der Waals surface area contributed by atoms with E-state index in [1.165, 1.54) is 5.69 Å². The van der Waals surface area contributed by atoms with Gasteiger partial charge in [0.2, 0.25) is 5.91 Å². The number of nitrogens with one attached hydrogen (secondary N) is 1. The van der Waals surface area contributed by atoms with Crippen molar-refractivity contribution < 1.29 is 4.79 Å². The summed E-state index contributed by atoms with van der Waals surface area (Å²) in [5.74, 6) is 1.01. The van der Waals surface area contributed by atoms with Crippen LogP contribution in [0.1, 0.15) is 19.8 Å². The van der Waals surface area contributed by atoms with Crippen molar-refractivity contribution >= 4 is 41.5 Å². The molecule has 1 aromatic carbocycles. The summed E-state index contributed by atoms with van der Waals surface area (Å²) in [6.07, 6.45) is 2.24. The molecule has 3 rings (SSSR count). The van der Waals surface area contributed by atoms with E-state index in [0.717, 1.165) is 64.6 Å². The Labute approximate surface area is 173 Å². The van der Waals surface area contributed by atoms with Crippen LogP contribution in [0.15, 0.2) is 35.3 Å². The van der Waals surface area contributed by atoms with E-state index in [2.05, 4.69) is 51.3 Å². The molecule has 0 aliphatic carbocycles. The number of guanidine groups is 1. The molecule has 2 aliphatic heterocycles. The van der Waals surface area contributed by atoms with E-state index in [-0.39, 0.29) is 36.4 Å². The van der Waals surface area contributed by atoms with E-state index in [1.54, 1.807) is 0 Å². The van der Waals surface area contributed by atoms with Crippen molar-refractivity contribution in [1.29, 1.82) is 0 Å². The number of hydrogen-bond acceptors (Lipinski definition) is 3. The predicted molar refractivity (Wildman–Crippen MR) is 117 cm³/mol. The average molecular weight is 471 g/mol. The summed E-state index contributed by atoms with van der Waals surface area (Å²) in [7, 11) is 0. The van der Waals surface area contributed by atoms with Crippen LogP contribution in [0.3, 0.4) is 0 Å². The van der Waals surface area contributed by atoms with E-state index >= 15 is 0 Å². The van der Waals surface area contributed by atoms with Gasteiger partial charge in [-0.2, -0.15) is 0 Å². The molecule has 0 spiro atoms. The fourth-order valence-electron chi connectivity index (χ4n) is 3.45. The van der Waals surface area contributed by atoms with Gasteiger partial charge in [-0.05, 0) is 31.9 Å². The quantitative estimate of drug-likeness (QED) is 0.415. The number of rotatable bonds is 4. The number of halogens is 1. The second-order valence-corrected chi connectivity index (χ2v) is 6.57. The topological polar surface area (TPSA) is 51.2 Å². The first-order valence-electron chi connectivity index (χ1n) is 9.39. The highest BCUT2D eigenvalue weighted by Gasteiger charge is 2.21. The maximum atomic E-state index is 12.2. The van der Waals surface area contributed by atoms with Crippen molar-refractivity contribution in [2.45, 2.75) is 19.8 Å². The Bertz CT molecular complexity index is 581.